The second-order valence-electron chi connectivity index (χ2n) is 4.58. The molecule has 19 heavy (non-hydrogen) atoms. The standard InChI is InChI=1S/C15H24N2OS/c1-4-8-16-14-7-6-12(2)11-13(14)15(18)17-9-5-10-19-3/h6-7,11,16H,4-5,8-10H2,1-3H3,(H,17,18). The third-order valence-electron chi connectivity index (χ3n) is 2.80. The molecule has 0 saturated carbocycles. The number of aryl methyl sites for hydroxylation is 1. The van der Waals surface area contributed by atoms with Gasteiger partial charge in [-0.05, 0) is 43.9 Å². The Hall–Kier alpha value is -1.16. The molecule has 1 rings (SSSR count). The van der Waals surface area contributed by atoms with E-state index in [1.807, 2.05) is 25.1 Å². The number of anilines is 1. The number of hydrogen-bond acceptors (Lipinski definition) is 3. The van der Waals surface area contributed by atoms with Crippen LogP contribution >= 0.6 is 11.8 Å². The molecule has 0 heterocycles. The molecule has 0 aliphatic rings. The fraction of sp³-hybridized carbons (Fsp3) is 0.533. The average molecular weight is 280 g/mol. The van der Waals surface area contributed by atoms with E-state index in [-0.39, 0.29) is 5.91 Å². The zero-order valence-corrected chi connectivity index (χ0v) is 12.9. The number of carbonyl (C=O) groups is 1. The number of benzene rings is 1. The third kappa shape index (κ3) is 5.55. The van der Waals surface area contributed by atoms with E-state index in [0.717, 1.165) is 48.5 Å². The Bertz CT molecular complexity index is 407. The summed E-state index contributed by atoms with van der Waals surface area (Å²) in [5.74, 6) is 1.10. The van der Waals surface area contributed by atoms with Crippen LogP contribution in [0.25, 0.3) is 0 Å². The van der Waals surface area contributed by atoms with E-state index in [4.69, 9.17) is 0 Å². The summed E-state index contributed by atoms with van der Waals surface area (Å²) in [6.07, 6.45) is 4.13. The van der Waals surface area contributed by atoms with E-state index in [9.17, 15) is 4.79 Å². The minimum absolute atomic E-state index is 0.0170. The van der Waals surface area contributed by atoms with Crippen molar-refractivity contribution < 1.29 is 4.79 Å². The van der Waals surface area contributed by atoms with E-state index in [1.54, 1.807) is 11.8 Å². The van der Waals surface area contributed by atoms with Crippen molar-refractivity contribution in [2.75, 3.05) is 30.4 Å². The van der Waals surface area contributed by atoms with Crippen molar-refractivity contribution >= 4 is 23.4 Å². The average Bonchev–Trinajstić information content (AvgIpc) is 2.42. The first-order valence-electron chi connectivity index (χ1n) is 6.80. The van der Waals surface area contributed by atoms with Crippen molar-refractivity contribution in [3.05, 3.63) is 29.3 Å². The summed E-state index contributed by atoms with van der Waals surface area (Å²) in [6, 6.07) is 5.96. The maximum atomic E-state index is 12.2. The Kier molecular flexibility index (Phi) is 7.41. The summed E-state index contributed by atoms with van der Waals surface area (Å²) >= 11 is 1.80. The second-order valence-corrected chi connectivity index (χ2v) is 5.56. The summed E-state index contributed by atoms with van der Waals surface area (Å²) in [4.78, 5) is 12.2. The van der Waals surface area contributed by atoms with Crippen LogP contribution in [-0.2, 0) is 0 Å². The van der Waals surface area contributed by atoms with E-state index >= 15 is 0 Å². The maximum Gasteiger partial charge on any atom is 0.253 e. The third-order valence-corrected chi connectivity index (χ3v) is 3.49. The van der Waals surface area contributed by atoms with Gasteiger partial charge in [0.25, 0.3) is 5.91 Å². The predicted octanol–water partition coefficient (Wildman–Crippen LogP) is 3.30. The first-order chi connectivity index (χ1) is 9.19. The first kappa shape index (κ1) is 15.9. The van der Waals surface area contributed by atoms with Crippen molar-refractivity contribution in [1.29, 1.82) is 0 Å². The van der Waals surface area contributed by atoms with E-state index in [2.05, 4.69) is 23.8 Å². The normalized spacial score (nSPS) is 10.3. The topological polar surface area (TPSA) is 41.1 Å². The van der Waals surface area contributed by atoms with E-state index < -0.39 is 0 Å². The first-order valence-corrected chi connectivity index (χ1v) is 8.20. The Balaban J connectivity index is 2.67. The zero-order valence-electron chi connectivity index (χ0n) is 12.1. The highest BCUT2D eigenvalue weighted by Gasteiger charge is 2.10. The molecule has 0 atom stereocenters. The molecule has 1 aromatic carbocycles. The van der Waals surface area contributed by atoms with Crippen LogP contribution < -0.4 is 10.6 Å². The highest BCUT2D eigenvalue weighted by atomic mass is 32.2. The summed E-state index contributed by atoms with van der Waals surface area (Å²) in [5.41, 5.74) is 2.78. The molecular formula is C15H24N2OS. The molecule has 0 radical (unpaired) electrons. The minimum Gasteiger partial charge on any atom is -0.384 e. The van der Waals surface area contributed by atoms with Crippen LogP contribution in [0.2, 0.25) is 0 Å². The van der Waals surface area contributed by atoms with Crippen LogP contribution in [-0.4, -0.2) is 31.0 Å². The van der Waals surface area contributed by atoms with E-state index in [0.29, 0.717) is 0 Å². The molecule has 1 amide bonds. The van der Waals surface area contributed by atoms with Crippen LogP contribution in [0.15, 0.2) is 18.2 Å². The quantitative estimate of drug-likeness (QED) is 0.718. The Morgan fingerprint density at radius 2 is 2.11 bits per heavy atom. The van der Waals surface area contributed by atoms with Gasteiger partial charge in [0.15, 0.2) is 0 Å². The van der Waals surface area contributed by atoms with Gasteiger partial charge in [-0.1, -0.05) is 18.6 Å². The van der Waals surface area contributed by atoms with Gasteiger partial charge in [0.1, 0.15) is 0 Å². The second kappa shape index (κ2) is 8.86. The fourth-order valence-corrected chi connectivity index (χ4v) is 2.21. The summed E-state index contributed by atoms with van der Waals surface area (Å²) in [5, 5.41) is 6.29. The number of rotatable bonds is 8. The molecule has 106 valence electrons. The zero-order chi connectivity index (χ0) is 14.1. The lowest BCUT2D eigenvalue weighted by atomic mass is 10.1. The van der Waals surface area contributed by atoms with Crippen LogP contribution in [0.1, 0.15) is 35.7 Å². The molecule has 0 aliphatic carbocycles. The van der Waals surface area contributed by atoms with Crippen LogP contribution in [0.4, 0.5) is 5.69 Å². The van der Waals surface area contributed by atoms with Gasteiger partial charge in [-0.15, -0.1) is 0 Å². The number of nitrogens with one attached hydrogen (secondary N) is 2. The summed E-state index contributed by atoms with van der Waals surface area (Å²) in [7, 11) is 0. The lowest BCUT2D eigenvalue weighted by Crippen LogP contribution is -2.26. The van der Waals surface area contributed by atoms with Crippen LogP contribution in [0.5, 0.6) is 0 Å². The highest BCUT2D eigenvalue weighted by Crippen LogP contribution is 2.17. The summed E-state index contributed by atoms with van der Waals surface area (Å²) in [6.45, 7) is 5.74. The Labute approximate surface area is 120 Å². The van der Waals surface area contributed by atoms with Gasteiger partial charge in [-0.25, -0.2) is 0 Å². The van der Waals surface area contributed by atoms with Gasteiger partial charge in [0, 0.05) is 18.8 Å². The fourth-order valence-electron chi connectivity index (χ4n) is 1.77. The molecule has 1 aromatic rings. The van der Waals surface area contributed by atoms with E-state index in [1.165, 1.54) is 0 Å². The van der Waals surface area contributed by atoms with Crippen LogP contribution in [0.3, 0.4) is 0 Å². The Morgan fingerprint density at radius 1 is 1.32 bits per heavy atom. The van der Waals surface area contributed by atoms with Crippen molar-refractivity contribution in [3.8, 4) is 0 Å². The van der Waals surface area contributed by atoms with Gasteiger partial charge in [0.2, 0.25) is 0 Å². The number of thioether (sulfide) groups is 1. The molecule has 0 spiro atoms. The lowest BCUT2D eigenvalue weighted by Gasteiger charge is -2.12. The maximum absolute atomic E-state index is 12.2. The molecule has 0 saturated heterocycles. The molecule has 0 fully saturated rings. The minimum atomic E-state index is 0.0170. The predicted molar refractivity (Wildman–Crippen MR) is 85.3 cm³/mol. The van der Waals surface area contributed by atoms with Gasteiger partial charge in [0.05, 0.1) is 5.56 Å². The largest absolute Gasteiger partial charge is 0.384 e. The summed E-state index contributed by atoms with van der Waals surface area (Å²) < 4.78 is 0. The molecule has 3 nitrogen and oxygen atoms in total. The SMILES string of the molecule is CCCNc1ccc(C)cc1C(=O)NCCCSC. The van der Waals surface area contributed by atoms with Crippen molar-refractivity contribution in [2.45, 2.75) is 26.7 Å². The van der Waals surface area contributed by atoms with Gasteiger partial charge < -0.3 is 10.6 Å². The van der Waals surface area contributed by atoms with Gasteiger partial charge in [-0.2, -0.15) is 11.8 Å². The number of carbonyl (C=O) groups excluding carboxylic acids is 1. The molecule has 0 unspecified atom stereocenters. The molecule has 0 aliphatic heterocycles. The molecule has 0 bridgehead atoms. The van der Waals surface area contributed by atoms with Gasteiger partial charge in [-0.3, -0.25) is 4.79 Å². The van der Waals surface area contributed by atoms with Crippen LogP contribution in [0, 0.1) is 6.92 Å². The molecular weight excluding hydrogens is 256 g/mol. The highest BCUT2D eigenvalue weighted by molar-refractivity contribution is 7.98. The molecule has 0 aromatic heterocycles. The lowest BCUT2D eigenvalue weighted by molar-refractivity contribution is 0.0954. The molecule has 2 N–H and O–H groups in total. The number of hydrogen-bond donors (Lipinski definition) is 2. The molecule has 4 heteroatoms. The smallest absolute Gasteiger partial charge is 0.253 e. The van der Waals surface area contributed by atoms with Crippen molar-refractivity contribution in [2.24, 2.45) is 0 Å². The Morgan fingerprint density at radius 3 is 2.79 bits per heavy atom. The number of amides is 1. The van der Waals surface area contributed by atoms with Crippen molar-refractivity contribution in [3.63, 3.8) is 0 Å². The van der Waals surface area contributed by atoms with Gasteiger partial charge >= 0.3 is 0 Å². The monoisotopic (exact) mass is 280 g/mol. The van der Waals surface area contributed by atoms with Crippen molar-refractivity contribution in [1.82, 2.24) is 5.32 Å².